The van der Waals surface area contributed by atoms with Gasteiger partial charge in [0.1, 0.15) is 0 Å². The topological polar surface area (TPSA) is 34.4 Å². The Kier molecular flexibility index (Phi) is 5.13. The zero-order chi connectivity index (χ0) is 13.5. The van der Waals surface area contributed by atoms with E-state index in [1.54, 1.807) is 10.7 Å². The minimum Gasteiger partial charge on any atom is -0.294 e. The second-order valence-corrected chi connectivity index (χ2v) is 5.03. The largest absolute Gasteiger partial charge is 0.294 e. The Labute approximate surface area is 114 Å². The molecule has 0 radical (unpaired) electrons. The summed E-state index contributed by atoms with van der Waals surface area (Å²) < 4.78 is 1.76. The number of nitrogens with zero attached hydrogens (tertiary/aromatic N) is 2. The van der Waals surface area contributed by atoms with Gasteiger partial charge in [-0.05, 0) is 18.6 Å². The van der Waals surface area contributed by atoms with E-state index in [1.165, 1.54) is 25.7 Å². The van der Waals surface area contributed by atoms with Crippen molar-refractivity contribution in [3.63, 3.8) is 0 Å². The van der Waals surface area contributed by atoms with Crippen molar-refractivity contribution in [1.82, 2.24) is 9.61 Å². The lowest BCUT2D eigenvalue weighted by molar-refractivity contribution is 0.0980. The third-order valence-electron chi connectivity index (χ3n) is 3.48. The van der Waals surface area contributed by atoms with Crippen LogP contribution in [0.5, 0.6) is 0 Å². The van der Waals surface area contributed by atoms with E-state index in [9.17, 15) is 4.79 Å². The van der Waals surface area contributed by atoms with Crippen LogP contribution >= 0.6 is 0 Å². The maximum Gasteiger partial charge on any atom is 0.166 e. The van der Waals surface area contributed by atoms with Crippen molar-refractivity contribution >= 4 is 11.3 Å². The van der Waals surface area contributed by atoms with Gasteiger partial charge in [0, 0.05) is 12.6 Å². The molecule has 2 aromatic rings. The minimum absolute atomic E-state index is 0.219. The molecule has 19 heavy (non-hydrogen) atoms. The molecule has 102 valence electrons. The summed E-state index contributed by atoms with van der Waals surface area (Å²) in [5, 5.41) is 4.20. The van der Waals surface area contributed by atoms with Gasteiger partial charge >= 0.3 is 0 Å². The first-order valence-electron chi connectivity index (χ1n) is 7.28. The second-order valence-electron chi connectivity index (χ2n) is 5.03. The van der Waals surface area contributed by atoms with Gasteiger partial charge in [0.2, 0.25) is 0 Å². The Morgan fingerprint density at radius 2 is 1.95 bits per heavy atom. The molecule has 0 spiro atoms. The van der Waals surface area contributed by atoms with Gasteiger partial charge in [-0.3, -0.25) is 4.79 Å². The fraction of sp³-hybridized carbons (Fsp3) is 0.500. The maximum absolute atomic E-state index is 12.2. The smallest absolute Gasteiger partial charge is 0.166 e. The summed E-state index contributed by atoms with van der Waals surface area (Å²) in [6.45, 7) is 2.22. The minimum atomic E-state index is 0.219. The standard InChI is InChI=1S/C16H22N2O/c1-2-3-4-5-6-7-11-16(19)14-13-17-18-12-9-8-10-15(14)18/h8-10,12-13H,2-7,11H2,1H3. The summed E-state index contributed by atoms with van der Waals surface area (Å²) in [5.41, 5.74) is 1.67. The molecular weight excluding hydrogens is 236 g/mol. The Morgan fingerprint density at radius 1 is 1.16 bits per heavy atom. The molecule has 0 aliphatic carbocycles. The van der Waals surface area contributed by atoms with Gasteiger partial charge in [0.15, 0.2) is 5.78 Å². The van der Waals surface area contributed by atoms with E-state index >= 15 is 0 Å². The highest BCUT2D eigenvalue weighted by molar-refractivity contribution is 6.02. The van der Waals surface area contributed by atoms with Crippen LogP contribution in [0, 0.1) is 0 Å². The summed E-state index contributed by atoms with van der Waals surface area (Å²) in [4.78, 5) is 12.2. The quantitative estimate of drug-likeness (QED) is 0.523. The first-order chi connectivity index (χ1) is 9.33. The van der Waals surface area contributed by atoms with E-state index in [2.05, 4.69) is 12.0 Å². The molecule has 0 atom stereocenters. The van der Waals surface area contributed by atoms with Crippen LogP contribution < -0.4 is 0 Å². The van der Waals surface area contributed by atoms with Crippen LogP contribution in [0.2, 0.25) is 0 Å². The van der Waals surface area contributed by atoms with Gasteiger partial charge in [0.25, 0.3) is 0 Å². The lowest BCUT2D eigenvalue weighted by atomic mass is 10.0. The number of carbonyl (C=O) groups is 1. The highest BCUT2D eigenvalue weighted by Gasteiger charge is 2.11. The first-order valence-corrected chi connectivity index (χ1v) is 7.28. The van der Waals surface area contributed by atoms with Crippen molar-refractivity contribution < 1.29 is 4.79 Å². The highest BCUT2D eigenvalue weighted by Crippen LogP contribution is 2.15. The number of hydrogen-bond acceptors (Lipinski definition) is 2. The lowest BCUT2D eigenvalue weighted by Gasteiger charge is -2.00. The number of unbranched alkanes of at least 4 members (excludes halogenated alkanes) is 5. The number of aromatic nitrogens is 2. The van der Waals surface area contributed by atoms with Crippen LogP contribution in [-0.4, -0.2) is 15.4 Å². The molecule has 2 aromatic heterocycles. The molecule has 0 aromatic carbocycles. The Morgan fingerprint density at radius 3 is 2.79 bits per heavy atom. The molecule has 2 heterocycles. The normalized spacial score (nSPS) is 11.0. The molecule has 0 bridgehead atoms. The molecule has 0 amide bonds. The lowest BCUT2D eigenvalue weighted by Crippen LogP contribution is -1.98. The molecule has 0 N–H and O–H groups in total. The fourth-order valence-corrected chi connectivity index (χ4v) is 2.35. The molecule has 0 saturated heterocycles. The number of carbonyl (C=O) groups excluding carboxylic acids is 1. The zero-order valence-corrected chi connectivity index (χ0v) is 11.6. The van der Waals surface area contributed by atoms with Crippen LogP contribution in [0.1, 0.15) is 62.2 Å². The van der Waals surface area contributed by atoms with Gasteiger partial charge in [-0.25, -0.2) is 4.52 Å². The van der Waals surface area contributed by atoms with Crippen molar-refractivity contribution in [1.29, 1.82) is 0 Å². The number of hydrogen-bond donors (Lipinski definition) is 0. The maximum atomic E-state index is 12.2. The molecular formula is C16H22N2O. The van der Waals surface area contributed by atoms with E-state index in [1.807, 2.05) is 24.4 Å². The number of pyridine rings is 1. The van der Waals surface area contributed by atoms with Crippen LogP contribution in [0.3, 0.4) is 0 Å². The van der Waals surface area contributed by atoms with E-state index < -0.39 is 0 Å². The molecule has 3 heteroatoms. The number of Topliss-reactive ketones (excluding diaryl/α,β-unsaturated/α-hetero) is 1. The van der Waals surface area contributed by atoms with Gasteiger partial charge < -0.3 is 0 Å². The van der Waals surface area contributed by atoms with Gasteiger partial charge in [-0.2, -0.15) is 5.10 Å². The second kappa shape index (κ2) is 7.07. The van der Waals surface area contributed by atoms with Crippen molar-refractivity contribution in [3.05, 3.63) is 36.2 Å². The Balaban J connectivity index is 1.83. The third-order valence-corrected chi connectivity index (χ3v) is 3.48. The Hall–Kier alpha value is -1.64. The SMILES string of the molecule is CCCCCCCCC(=O)c1cnn2ccccc12. The van der Waals surface area contributed by atoms with Gasteiger partial charge in [-0.15, -0.1) is 0 Å². The average Bonchev–Trinajstić information content (AvgIpc) is 2.86. The van der Waals surface area contributed by atoms with Crippen molar-refractivity contribution in [2.24, 2.45) is 0 Å². The van der Waals surface area contributed by atoms with Gasteiger partial charge in [0.05, 0.1) is 17.3 Å². The van der Waals surface area contributed by atoms with E-state index in [4.69, 9.17) is 0 Å². The average molecular weight is 258 g/mol. The predicted molar refractivity (Wildman–Crippen MR) is 77.5 cm³/mol. The summed E-state index contributed by atoms with van der Waals surface area (Å²) in [7, 11) is 0. The van der Waals surface area contributed by atoms with E-state index in [0.717, 1.165) is 23.9 Å². The molecule has 0 saturated carbocycles. The molecule has 3 nitrogen and oxygen atoms in total. The summed E-state index contributed by atoms with van der Waals surface area (Å²) >= 11 is 0. The monoisotopic (exact) mass is 258 g/mol. The van der Waals surface area contributed by atoms with Crippen LogP contribution in [0.15, 0.2) is 30.6 Å². The number of rotatable bonds is 8. The number of ketones is 1. The zero-order valence-electron chi connectivity index (χ0n) is 11.6. The summed E-state index contributed by atoms with van der Waals surface area (Å²) in [6, 6.07) is 5.81. The first kappa shape index (κ1) is 13.8. The molecule has 0 fully saturated rings. The van der Waals surface area contributed by atoms with Crippen LogP contribution in [0.25, 0.3) is 5.52 Å². The molecule has 0 aliphatic rings. The highest BCUT2D eigenvalue weighted by atomic mass is 16.1. The molecule has 0 aliphatic heterocycles. The molecule has 2 rings (SSSR count). The van der Waals surface area contributed by atoms with Crippen LogP contribution in [-0.2, 0) is 0 Å². The summed E-state index contributed by atoms with van der Waals surface area (Å²) in [5.74, 6) is 0.219. The number of fused-ring (bicyclic) bond motifs is 1. The van der Waals surface area contributed by atoms with Gasteiger partial charge in [-0.1, -0.05) is 45.1 Å². The van der Waals surface area contributed by atoms with Crippen molar-refractivity contribution in [2.75, 3.05) is 0 Å². The van der Waals surface area contributed by atoms with E-state index in [0.29, 0.717) is 6.42 Å². The van der Waals surface area contributed by atoms with E-state index in [-0.39, 0.29) is 5.78 Å². The third kappa shape index (κ3) is 3.66. The summed E-state index contributed by atoms with van der Waals surface area (Å²) in [6.07, 6.45) is 11.5. The van der Waals surface area contributed by atoms with Crippen molar-refractivity contribution in [2.45, 2.75) is 51.9 Å². The van der Waals surface area contributed by atoms with Crippen LogP contribution in [0.4, 0.5) is 0 Å². The van der Waals surface area contributed by atoms with Crippen molar-refractivity contribution in [3.8, 4) is 0 Å². The Bertz CT molecular complexity index is 530. The predicted octanol–water partition coefficient (Wildman–Crippen LogP) is 4.27. The fourth-order valence-electron chi connectivity index (χ4n) is 2.35. The molecule has 0 unspecified atom stereocenters.